The predicted molar refractivity (Wildman–Crippen MR) is 59.8 cm³/mol. The molecule has 0 fully saturated rings. The number of hydrogen-bond donors (Lipinski definition) is 1. The second kappa shape index (κ2) is 8.11. The smallest absolute Gasteiger partial charge is 0.517 e. The van der Waals surface area contributed by atoms with E-state index in [0.717, 1.165) is 13.1 Å². The number of hydrogen-bond acceptors (Lipinski definition) is 2. The van der Waals surface area contributed by atoms with Gasteiger partial charge < -0.3 is 9.70 Å². The first-order chi connectivity index (χ1) is 7.11. The lowest BCUT2D eigenvalue weighted by Gasteiger charge is -2.20. The van der Waals surface area contributed by atoms with Crippen LogP contribution in [0.5, 0.6) is 0 Å². The molecule has 0 atom stereocenters. The molecule has 0 aromatic heterocycles. The molecule has 0 radical (unpaired) electrons. The molecule has 0 aliphatic rings. The molecule has 0 unspecified atom stereocenters. The number of halogens is 1. The third-order valence-corrected chi connectivity index (χ3v) is 1.88. The van der Waals surface area contributed by atoms with Crippen molar-refractivity contribution in [3.63, 3.8) is 0 Å². The van der Waals surface area contributed by atoms with Crippen LogP contribution in [0.25, 0.3) is 0 Å². The number of nitrogens with zero attached hydrogens (tertiary/aromatic N) is 1. The van der Waals surface area contributed by atoms with Crippen LogP contribution in [0.4, 0.5) is 9.80 Å². The van der Waals surface area contributed by atoms with Gasteiger partial charge in [0.2, 0.25) is 0 Å². The fraction of sp³-hybridized carbons (Fsp3) is 0.400. The molecule has 0 aliphatic carbocycles. The van der Waals surface area contributed by atoms with Crippen LogP contribution in [-0.2, 0) is 4.46 Å². The van der Waals surface area contributed by atoms with Gasteiger partial charge in [0.1, 0.15) is 0 Å². The van der Waals surface area contributed by atoms with Crippen molar-refractivity contribution < 1.29 is 13.4 Å². The van der Waals surface area contributed by atoms with Crippen LogP contribution in [-0.4, -0.2) is 27.1 Å². The van der Waals surface area contributed by atoms with E-state index in [0.29, 0.717) is 0 Å². The Hall–Kier alpha value is -1.23. The standard InChI is InChI=1S/C10H15N.FHO2Si/c1-3-11(4-2)10-8-6-5-7-9-10;1-4(2)3/h5-9H,3-4H2,1-2H3;2H. The van der Waals surface area contributed by atoms with E-state index in [1.165, 1.54) is 5.69 Å². The normalized spacial score (nSPS) is 8.73. The fourth-order valence-electron chi connectivity index (χ4n) is 1.23. The van der Waals surface area contributed by atoms with Gasteiger partial charge in [0.25, 0.3) is 0 Å². The second-order valence-corrected chi connectivity index (χ2v) is 3.27. The van der Waals surface area contributed by atoms with Crippen molar-refractivity contribution in [1.29, 1.82) is 0 Å². The summed E-state index contributed by atoms with van der Waals surface area (Å²) in [7, 11) is -3.63. The summed E-state index contributed by atoms with van der Waals surface area (Å²) in [6.07, 6.45) is 0. The van der Waals surface area contributed by atoms with E-state index in [9.17, 15) is 4.11 Å². The Morgan fingerprint density at radius 1 is 1.27 bits per heavy atom. The van der Waals surface area contributed by atoms with Crippen LogP contribution < -0.4 is 4.90 Å². The molecule has 1 N–H and O–H groups in total. The first kappa shape index (κ1) is 13.8. The minimum absolute atomic E-state index is 1.08. The molecular weight excluding hydrogens is 213 g/mol. The Morgan fingerprint density at radius 3 is 2.00 bits per heavy atom. The number of anilines is 1. The molecular formula is C10H16FNO2Si. The van der Waals surface area contributed by atoms with Crippen LogP contribution in [0.15, 0.2) is 30.3 Å². The fourth-order valence-corrected chi connectivity index (χ4v) is 1.23. The molecule has 1 aromatic carbocycles. The lowest BCUT2D eigenvalue weighted by atomic mass is 10.3. The summed E-state index contributed by atoms with van der Waals surface area (Å²) < 4.78 is 18.6. The Balaban J connectivity index is 0.000000423. The van der Waals surface area contributed by atoms with Gasteiger partial charge in [-0.3, -0.25) is 4.46 Å². The summed E-state index contributed by atoms with van der Waals surface area (Å²) in [4.78, 5) is 9.27. The van der Waals surface area contributed by atoms with Crippen molar-refractivity contribution in [3.05, 3.63) is 30.3 Å². The van der Waals surface area contributed by atoms with Crippen LogP contribution in [0.1, 0.15) is 13.8 Å². The monoisotopic (exact) mass is 229 g/mol. The Labute approximate surface area is 91.1 Å². The van der Waals surface area contributed by atoms with E-state index >= 15 is 0 Å². The van der Waals surface area contributed by atoms with E-state index in [2.05, 4.69) is 43.0 Å². The maximum absolute atomic E-state index is 10.1. The number of rotatable bonds is 3. The minimum atomic E-state index is -3.63. The quantitative estimate of drug-likeness (QED) is 0.635. The lowest BCUT2D eigenvalue weighted by Crippen LogP contribution is -2.21. The maximum atomic E-state index is 10.1. The van der Waals surface area contributed by atoms with Gasteiger partial charge in [0, 0.05) is 18.8 Å². The third-order valence-electron chi connectivity index (χ3n) is 1.88. The van der Waals surface area contributed by atoms with Crippen LogP contribution in [0.3, 0.4) is 0 Å². The maximum Gasteiger partial charge on any atom is 0.734 e. The molecule has 0 saturated carbocycles. The first-order valence-corrected chi connectivity index (χ1v) is 6.03. The highest BCUT2D eigenvalue weighted by atomic mass is 28.3. The average Bonchev–Trinajstić information content (AvgIpc) is 2.20. The molecule has 0 heterocycles. The summed E-state index contributed by atoms with van der Waals surface area (Å²) in [5.41, 5.74) is 1.32. The Bertz CT molecular complexity index is 274. The predicted octanol–water partition coefficient (Wildman–Crippen LogP) is 1.90. The van der Waals surface area contributed by atoms with Gasteiger partial charge >= 0.3 is 9.26 Å². The van der Waals surface area contributed by atoms with Gasteiger partial charge in [-0.2, -0.15) is 4.11 Å². The Kier molecular flexibility index (Phi) is 7.44. The van der Waals surface area contributed by atoms with Crippen molar-refractivity contribution in [1.82, 2.24) is 0 Å². The molecule has 0 amide bonds. The zero-order chi connectivity index (χ0) is 11.7. The molecule has 15 heavy (non-hydrogen) atoms. The van der Waals surface area contributed by atoms with E-state index in [4.69, 9.17) is 9.26 Å². The van der Waals surface area contributed by atoms with Gasteiger partial charge in [0.15, 0.2) is 0 Å². The van der Waals surface area contributed by atoms with E-state index < -0.39 is 9.26 Å². The van der Waals surface area contributed by atoms with Crippen LogP contribution in [0, 0.1) is 0 Å². The van der Waals surface area contributed by atoms with Crippen LogP contribution in [0.2, 0.25) is 0 Å². The van der Waals surface area contributed by atoms with Crippen molar-refractivity contribution in [2.24, 2.45) is 0 Å². The van der Waals surface area contributed by atoms with Crippen molar-refractivity contribution >= 4 is 14.9 Å². The van der Waals surface area contributed by atoms with Crippen LogP contribution >= 0.6 is 0 Å². The minimum Gasteiger partial charge on any atom is -0.517 e. The molecule has 5 heteroatoms. The summed E-state index contributed by atoms with van der Waals surface area (Å²) >= 11 is 0. The van der Waals surface area contributed by atoms with Gasteiger partial charge in [-0.25, -0.2) is 0 Å². The van der Waals surface area contributed by atoms with E-state index in [-0.39, 0.29) is 0 Å². The van der Waals surface area contributed by atoms with Crippen molar-refractivity contribution in [3.8, 4) is 0 Å². The number of para-hydroxylation sites is 1. The summed E-state index contributed by atoms with van der Waals surface area (Å²) in [5, 5.41) is 0. The number of benzene rings is 1. The Morgan fingerprint density at radius 2 is 1.67 bits per heavy atom. The SMILES string of the molecule is CCN(CC)c1ccccc1.O=[Si](O)F. The average molecular weight is 229 g/mol. The van der Waals surface area contributed by atoms with Gasteiger partial charge in [-0.15, -0.1) is 0 Å². The van der Waals surface area contributed by atoms with E-state index in [1.807, 2.05) is 6.07 Å². The molecule has 1 rings (SSSR count). The zero-order valence-corrected chi connectivity index (χ0v) is 9.98. The largest absolute Gasteiger partial charge is 0.734 e. The highest BCUT2D eigenvalue weighted by molar-refractivity contribution is 6.23. The molecule has 0 spiro atoms. The lowest BCUT2D eigenvalue weighted by molar-refractivity contribution is 0.390. The second-order valence-electron chi connectivity index (χ2n) is 2.76. The highest BCUT2D eigenvalue weighted by Crippen LogP contribution is 2.11. The highest BCUT2D eigenvalue weighted by Gasteiger charge is 1.97. The topological polar surface area (TPSA) is 40.5 Å². The summed E-state index contributed by atoms with van der Waals surface area (Å²) in [6.45, 7) is 6.52. The van der Waals surface area contributed by atoms with Crippen molar-refractivity contribution in [2.45, 2.75) is 13.8 Å². The zero-order valence-electron chi connectivity index (χ0n) is 8.98. The van der Waals surface area contributed by atoms with E-state index in [1.54, 1.807) is 0 Å². The molecule has 0 saturated heterocycles. The molecule has 3 nitrogen and oxygen atoms in total. The van der Waals surface area contributed by atoms with Gasteiger partial charge in [-0.1, -0.05) is 18.2 Å². The summed E-state index contributed by atoms with van der Waals surface area (Å²) in [5.74, 6) is 0. The first-order valence-electron chi connectivity index (χ1n) is 4.80. The van der Waals surface area contributed by atoms with Crippen molar-refractivity contribution in [2.75, 3.05) is 18.0 Å². The molecule has 84 valence electrons. The molecule has 0 bridgehead atoms. The molecule has 0 aliphatic heterocycles. The van der Waals surface area contributed by atoms with Gasteiger partial charge in [0.05, 0.1) is 0 Å². The van der Waals surface area contributed by atoms with Gasteiger partial charge in [-0.05, 0) is 26.0 Å². The summed E-state index contributed by atoms with van der Waals surface area (Å²) in [6, 6.07) is 10.5. The third kappa shape index (κ3) is 6.79. The molecule has 1 aromatic rings.